The van der Waals surface area contributed by atoms with E-state index in [1.54, 1.807) is 0 Å². The predicted molar refractivity (Wildman–Crippen MR) is 27.9 cm³/mol. The third-order valence-corrected chi connectivity index (χ3v) is 1.31. The van der Waals surface area contributed by atoms with E-state index >= 15 is 0 Å². The Labute approximate surface area is 48.2 Å². The van der Waals surface area contributed by atoms with Gasteiger partial charge in [0.2, 0.25) is 6.41 Å². The van der Waals surface area contributed by atoms with Crippen LogP contribution in [0.15, 0.2) is 0 Å². The van der Waals surface area contributed by atoms with Gasteiger partial charge >= 0.3 is 0 Å². The van der Waals surface area contributed by atoms with Gasteiger partial charge in [-0.05, 0) is 13.3 Å². The third kappa shape index (κ3) is 0.816. The first-order valence-corrected chi connectivity index (χ1v) is 2.71. The zero-order chi connectivity index (χ0) is 5.98. The highest BCUT2D eigenvalue weighted by atomic mass is 16.7. The molecule has 3 nitrogen and oxygen atoms in total. The molecule has 0 aromatic heterocycles. The Hall–Kier alpha value is -0.570. The molecule has 1 fully saturated rings. The van der Waals surface area contributed by atoms with E-state index in [0.29, 0.717) is 6.61 Å². The molecular weight excluding hydrogens is 106 g/mol. The monoisotopic (exact) mass is 115 g/mol. The van der Waals surface area contributed by atoms with Gasteiger partial charge < -0.3 is 0 Å². The molecule has 46 valence electrons. The van der Waals surface area contributed by atoms with Crippen LogP contribution in [0.2, 0.25) is 0 Å². The summed E-state index contributed by atoms with van der Waals surface area (Å²) in [5.74, 6) is 0. The van der Waals surface area contributed by atoms with E-state index in [-0.39, 0.29) is 6.04 Å². The van der Waals surface area contributed by atoms with E-state index in [1.807, 2.05) is 6.92 Å². The number of carbonyl (C=O) groups is 1. The average molecular weight is 115 g/mol. The van der Waals surface area contributed by atoms with Gasteiger partial charge in [-0.25, -0.2) is 5.06 Å². The molecule has 0 N–H and O–H groups in total. The maximum absolute atomic E-state index is 10.0. The zero-order valence-electron chi connectivity index (χ0n) is 4.83. The summed E-state index contributed by atoms with van der Waals surface area (Å²) in [6, 6.07) is 0.271. The van der Waals surface area contributed by atoms with Crippen LogP contribution in [0.5, 0.6) is 0 Å². The third-order valence-electron chi connectivity index (χ3n) is 1.31. The maximum atomic E-state index is 10.0. The Morgan fingerprint density at radius 3 is 2.88 bits per heavy atom. The summed E-state index contributed by atoms with van der Waals surface area (Å²) in [5, 5.41) is 1.35. The number of hydrogen-bond acceptors (Lipinski definition) is 2. The van der Waals surface area contributed by atoms with Crippen LogP contribution in [0, 0.1) is 0 Å². The van der Waals surface area contributed by atoms with Gasteiger partial charge in [0, 0.05) is 0 Å². The summed E-state index contributed by atoms with van der Waals surface area (Å²) >= 11 is 0. The van der Waals surface area contributed by atoms with Crippen molar-refractivity contribution < 1.29 is 9.63 Å². The minimum Gasteiger partial charge on any atom is -0.276 e. The van der Waals surface area contributed by atoms with Crippen molar-refractivity contribution in [3.8, 4) is 0 Å². The molecule has 0 saturated carbocycles. The minimum atomic E-state index is 0.271. The Kier molecular flexibility index (Phi) is 1.48. The second-order valence-electron chi connectivity index (χ2n) is 1.94. The molecule has 1 aliphatic rings. The lowest BCUT2D eigenvalue weighted by Crippen LogP contribution is -2.23. The smallest absolute Gasteiger partial charge is 0.233 e. The SMILES string of the molecule is CC1CCON1C=O. The normalized spacial score (nSPS) is 28.6. The molecule has 0 aromatic carbocycles. The Morgan fingerprint density at radius 2 is 2.62 bits per heavy atom. The summed E-state index contributed by atoms with van der Waals surface area (Å²) in [5.41, 5.74) is 0. The Balaban J connectivity index is 2.41. The molecule has 1 atom stereocenters. The highest BCUT2D eigenvalue weighted by molar-refractivity contribution is 5.45. The summed E-state index contributed by atoms with van der Waals surface area (Å²) in [6.07, 6.45) is 1.68. The van der Waals surface area contributed by atoms with Crippen LogP contribution >= 0.6 is 0 Å². The zero-order valence-corrected chi connectivity index (χ0v) is 4.83. The number of hydroxylamine groups is 2. The standard InChI is InChI=1S/C5H9NO2/c1-5-2-3-8-6(5)4-7/h4-5H,2-3H2,1H3. The van der Waals surface area contributed by atoms with E-state index in [9.17, 15) is 4.79 Å². The van der Waals surface area contributed by atoms with Crippen molar-refractivity contribution in [1.82, 2.24) is 5.06 Å². The Bertz CT molecular complexity index is 94.4. The number of rotatable bonds is 1. The molecule has 1 saturated heterocycles. The fraction of sp³-hybridized carbons (Fsp3) is 0.800. The molecule has 1 unspecified atom stereocenters. The van der Waals surface area contributed by atoms with Gasteiger partial charge in [-0.3, -0.25) is 9.63 Å². The van der Waals surface area contributed by atoms with Crippen LogP contribution in [0.1, 0.15) is 13.3 Å². The van der Waals surface area contributed by atoms with Crippen molar-refractivity contribution in [2.75, 3.05) is 6.61 Å². The van der Waals surface area contributed by atoms with Gasteiger partial charge in [0.05, 0.1) is 12.6 Å². The highest BCUT2D eigenvalue weighted by Crippen LogP contribution is 2.09. The van der Waals surface area contributed by atoms with Crippen molar-refractivity contribution in [3.05, 3.63) is 0 Å². The lowest BCUT2D eigenvalue weighted by atomic mass is 10.3. The van der Waals surface area contributed by atoms with Crippen molar-refractivity contribution in [1.29, 1.82) is 0 Å². The van der Waals surface area contributed by atoms with Gasteiger partial charge in [-0.2, -0.15) is 0 Å². The molecule has 8 heavy (non-hydrogen) atoms. The molecule has 1 rings (SSSR count). The van der Waals surface area contributed by atoms with E-state index in [4.69, 9.17) is 4.84 Å². The number of hydrogen-bond donors (Lipinski definition) is 0. The molecule has 0 bridgehead atoms. The molecule has 1 amide bonds. The molecular formula is C5H9NO2. The number of nitrogens with zero attached hydrogens (tertiary/aromatic N) is 1. The van der Waals surface area contributed by atoms with E-state index in [2.05, 4.69) is 0 Å². The summed E-state index contributed by atoms with van der Waals surface area (Å²) in [6.45, 7) is 2.64. The number of carbonyl (C=O) groups excluding carboxylic acids is 1. The molecule has 0 aromatic rings. The molecule has 0 radical (unpaired) electrons. The summed E-state index contributed by atoms with van der Waals surface area (Å²) in [7, 11) is 0. The first-order chi connectivity index (χ1) is 3.84. The van der Waals surface area contributed by atoms with E-state index in [0.717, 1.165) is 12.8 Å². The van der Waals surface area contributed by atoms with E-state index in [1.165, 1.54) is 5.06 Å². The molecule has 0 spiro atoms. The van der Waals surface area contributed by atoms with Gasteiger partial charge in [0.15, 0.2) is 0 Å². The van der Waals surface area contributed by atoms with Crippen molar-refractivity contribution in [2.45, 2.75) is 19.4 Å². The summed E-state index contributed by atoms with van der Waals surface area (Å²) < 4.78 is 0. The van der Waals surface area contributed by atoms with Crippen molar-refractivity contribution in [3.63, 3.8) is 0 Å². The maximum Gasteiger partial charge on any atom is 0.233 e. The van der Waals surface area contributed by atoms with Crippen LogP contribution in [0.25, 0.3) is 0 Å². The topological polar surface area (TPSA) is 29.5 Å². The van der Waals surface area contributed by atoms with Gasteiger partial charge in [0.1, 0.15) is 0 Å². The van der Waals surface area contributed by atoms with Crippen LogP contribution in [0.4, 0.5) is 0 Å². The van der Waals surface area contributed by atoms with Crippen LogP contribution in [0.3, 0.4) is 0 Å². The lowest BCUT2D eigenvalue weighted by molar-refractivity contribution is -0.159. The first-order valence-electron chi connectivity index (χ1n) is 2.71. The van der Waals surface area contributed by atoms with Crippen molar-refractivity contribution >= 4 is 6.41 Å². The number of amides is 1. The minimum absolute atomic E-state index is 0.271. The molecule has 0 aliphatic carbocycles. The summed E-state index contributed by atoms with van der Waals surface area (Å²) in [4.78, 5) is 14.9. The largest absolute Gasteiger partial charge is 0.276 e. The van der Waals surface area contributed by atoms with Gasteiger partial charge in [0.25, 0.3) is 0 Å². The predicted octanol–water partition coefficient (Wildman–Crippen LogP) is 0.169. The first kappa shape index (κ1) is 5.56. The van der Waals surface area contributed by atoms with Gasteiger partial charge in [-0.1, -0.05) is 0 Å². The fourth-order valence-electron chi connectivity index (χ4n) is 0.717. The fourth-order valence-corrected chi connectivity index (χ4v) is 0.717. The van der Waals surface area contributed by atoms with Gasteiger partial charge in [-0.15, -0.1) is 0 Å². The van der Waals surface area contributed by atoms with Crippen LogP contribution in [-0.2, 0) is 9.63 Å². The second-order valence-corrected chi connectivity index (χ2v) is 1.94. The van der Waals surface area contributed by atoms with Crippen LogP contribution in [-0.4, -0.2) is 24.1 Å². The lowest BCUT2D eigenvalue weighted by Gasteiger charge is -2.10. The second kappa shape index (κ2) is 2.13. The molecule has 1 aliphatic heterocycles. The quantitative estimate of drug-likeness (QED) is 0.456. The van der Waals surface area contributed by atoms with Crippen LogP contribution < -0.4 is 0 Å². The average Bonchev–Trinajstić information content (AvgIpc) is 2.14. The van der Waals surface area contributed by atoms with Crippen molar-refractivity contribution in [2.24, 2.45) is 0 Å². The molecule has 3 heteroatoms. The van der Waals surface area contributed by atoms with E-state index < -0.39 is 0 Å². The highest BCUT2D eigenvalue weighted by Gasteiger charge is 2.18. The molecule has 1 heterocycles. The Morgan fingerprint density at radius 1 is 1.88 bits per heavy atom.